The van der Waals surface area contributed by atoms with Crippen molar-refractivity contribution in [2.24, 2.45) is 0 Å². The highest BCUT2D eigenvalue weighted by Gasteiger charge is 2.09. The monoisotopic (exact) mass is 249 g/mol. The number of esters is 1. The molecule has 0 aliphatic rings. The van der Waals surface area contributed by atoms with Gasteiger partial charge in [0.1, 0.15) is 0 Å². The maximum atomic E-state index is 11.6. The number of ether oxygens (including phenoxy) is 1. The fourth-order valence-electron chi connectivity index (χ4n) is 1.42. The van der Waals surface area contributed by atoms with Gasteiger partial charge in [0.05, 0.1) is 11.7 Å². The number of carbonyl (C=O) groups excluding carboxylic acids is 2. The molecule has 1 aromatic rings. The molecule has 0 aliphatic carbocycles. The van der Waals surface area contributed by atoms with E-state index in [4.69, 9.17) is 4.74 Å². The number of hydrogen-bond donors (Lipinski definition) is 1. The number of nitrogens with one attached hydrogen (secondary N) is 1. The van der Waals surface area contributed by atoms with Crippen LogP contribution in [0.1, 0.15) is 44.0 Å². The Morgan fingerprint density at radius 1 is 1.22 bits per heavy atom. The zero-order valence-corrected chi connectivity index (χ0v) is 11.0. The summed E-state index contributed by atoms with van der Waals surface area (Å²) in [4.78, 5) is 23.0. The summed E-state index contributed by atoms with van der Waals surface area (Å²) in [7, 11) is 0. The van der Waals surface area contributed by atoms with E-state index in [2.05, 4.69) is 5.32 Å². The van der Waals surface area contributed by atoms with E-state index < -0.39 is 0 Å². The van der Waals surface area contributed by atoms with E-state index in [0.29, 0.717) is 17.7 Å². The van der Waals surface area contributed by atoms with Gasteiger partial charge >= 0.3 is 5.97 Å². The van der Waals surface area contributed by atoms with Crippen molar-refractivity contribution in [3.8, 4) is 0 Å². The van der Waals surface area contributed by atoms with Crippen LogP contribution in [0.4, 0.5) is 5.69 Å². The van der Waals surface area contributed by atoms with Gasteiger partial charge in [-0.1, -0.05) is 6.92 Å². The van der Waals surface area contributed by atoms with E-state index in [1.807, 2.05) is 6.92 Å². The molecule has 0 heterocycles. The Labute approximate surface area is 107 Å². The zero-order chi connectivity index (χ0) is 13.5. The molecule has 4 nitrogen and oxygen atoms in total. The molecule has 0 saturated carbocycles. The minimum absolute atomic E-state index is 0.0185. The van der Waals surface area contributed by atoms with Crippen LogP contribution in [-0.4, -0.2) is 18.0 Å². The highest BCUT2D eigenvalue weighted by atomic mass is 16.5. The number of hydrogen-bond acceptors (Lipinski definition) is 3. The van der Waals surface area contributed by atoms with Crippen molar-refractivity contribution in [3.63, 3.8) is 0 Å². The molecule has 1 amide bonds. The molecule has 0 saturated heterocycles. The van der Waals surface area contributed by atoms with E-state index in [-0.39, 0.29) is 18.0 Å². The van der Waals surface area contributed by atoms with Gasteiger partial charge in [0.15, 0.2) is 0 Å². The molecule has 0 radical (unpaired) electrons. The van der Waals surface area contributed by atoms with Gasteiger partial charge < -0.3 is 10.1 Å². The van der Waals surface area contributed by atoms with E-state index in [0.717, 1.165) is 6.42 Å². The molecule has 0 bridgehead atoms. The van der Waals surface area contributed by atoms with Crippen LogP contribution in [0.5, 0.6) is 0 Å². The van der Waals surface area contributed by atoms with Gasteiger partial charge in [-0.15, -0.1) is 0 Å². The third kappa shape index (κ3) is 4.57. The molecule has 0 unspecified atom stereocenters. The molecular weight excluding hydrogens is 230 g/mol. The van der Waals surface area contributed by atoms with Gasteiger partial charge in [-0.2, -0.15) is 0 Å². The lowest BCUT2D eigenvalue weighted by atomic mass is 10.2. The second-order valence-electron chi connectivity index (χ2n) is 4.33. The van der Waals surface area contributed by atoms with Gasteiger partial charge in [0.2, 0.25) is 5.91 Å². The number of benzene rings is 1. The van der Waals surface area contributed by atoms with Crippen molar-refractivity contribution >= 4 is 17.6 Å². The minimum atomic E-state index is -0.351. The number of rotatable bonds is 5. The van der Waals surface area contributed by atoms with Crippen LogP contribution in [0.3, 0.4) is 0 Å². The topological polar surface area (TPSA) is 55.4 Å². The second-order valence-corrected chi connectivity index (χ2v) is 4.33. The normalized spacial score (nSPS) is 10.2. The highest BCUT2D eigenvalue weighted by molar-refractivity contribution is 5.93. The first-order valence-electron chi connectivity index (χ1n) is 6.13. The summed E-state index contributed by atoms with van der Waals surface area (Å²) in [5.74, 6) is -0.369. The number of anilines is 1. The SMILES string of the molecule is CCCC(=O)Nc1ccc(C(=O)OC(C)C)cc1. The summed E-state index contributed by atoms with van der Waals surface area (Å²) in [6, 6.07) is 6.69. The van der Waals surface area contributed by atoms with Gasteiger partial charge in [-0.05, 0) is 44.5 Å². The minimum Gasteiger partial charge on any atom is -0.459 e. The van der Waals surface area contributed by atoms with Crippen molar-refractivity contribution in [3.05, 3.63) is 29.8 Å². The first-order valence-corrected chi connectivity index (χ1v) is 6.13. The fraction of sp³-hybridized carbons (Fsp3) is 0.429. The van der Waals surface area contributed by atoms with E-state index in [1.54, 1.807) is 38.1 Å². The van der Waals surface area contributed by atoms with Crippen molar-refractivity contribution < 1.29 is 14.3 Å². The smallest absolute Gasteiger partial charge is 0.338 e. The molecule has 0 spiro atoms. The van der Waals surface area contributed by atoms with Crippen LogP contribution >= 0.6 is 0 Å². The molecule has 4 heteroatoms. The maximum absolute atomic E-state index is 11.6. The molecule has 0 fully saturated rings. The van der Waals surface area contributed by atoms with Crippen LogP contribution in [-0.2, 0) is 9.53 Å². The van der Waals surface area contributed by atoms with Gasteiger partial charge in [0, 0.05) is 12.1 Å². The van der Waals surface area contributed by atoms with Crippen molar-refractivity contribution in [2.75, 3.05) is 5.32 Å². The van der Waals surface area contributed by atoms with E-state index >= 15 is 0 Å². The molecule has 1 N–H and O–H groups in total. The molecule has 0 aliphatic heterocycles. The summed E-state index contributed by atoms with van der Waals surface area (Å²) in [6.07, 6.45) is 1.17. The van der Waals surface area contributed by atoms with Crippen LogP contribution in [0.25, 0.3) is 0 Å². The second kappa shape index (κ2) is 6.79. The quantitative estimate of drug-likeness (QED) is 0.816. The van der Waals surface area contributed by atoms with Gasteiger partial charge in [-0.25, -0.2) is 4.79 Å². The Morgan fingerprint density at radius 3 is 2.33 bits per heavy atom. The van der Waals surface area contributed by atoms with E-state index in [9.17, 15) is 9.59 Å². The van der Waals surface area contributed by atoms with Gasteiger partial charge in [-0.3, -0.25) is 4.79 Å². The Balaban J connectivity index is 2.62. The average molecular weight is 249 g/mol. The Kier molecular flexibility index (Phi) is 5.36. The summed E-state index contributed by atoms with van der Waals surface area (Å²) in [5.41, 5.74) is 1.17. The third-order valence-corrected chi connectivity index (χ3v) is 2.22. The molecular formula is C14H19NO3. The molecule has 1 aromatic carbocycles. The largest absolute Gasteiger partial charge is 0.459 e. The summed E-state index contributed by atoms with van der Waals surface area (Å²) in [5, 5.41) is 2.76. The predicted molar refractivity (Wildman–Crippen MR) is 70.5 cm³/mol. The summed E-state index contributed by atoms with van der Waals surface area (Å²) >= 11 is 0. The van der Waals surface area contributed by atoms with Crippen molar-refractivity contribution in [2.45, 2.75) is 39.7 Å². The summed E-state index contributed by atoms with van der Waals surface area (Å²) < 4.78 is 5.07. The Morgan fingerprint density at radius 2 is 1.83 bits per heavy atom. The highest BCUT2D eigenvalue weighted by Crippen LogP contribution is 2.11. The molecule has 0 aromatic heterocycles. The molecule has 0 atom stereocenters. The predicted octanol–water partition coefficient (Wildman–Crippen LogP) is 2.99. The first kappa shape index (κ1) is 14.2. The third-order valence-electron chi connectivity index (χ3n) is 2.22. The molecule has 18 heavy (non-hydrogen) atoms. The maximum Gasteiger partial charge on any atom is 0.338 e. The van der Waals surface area contributed by atoms with Crippen molar-refractivity contribution in [1.29, 1.82) is 0 Å². The fourth-order valence-corrected chi connectivity index (χ4v) is 1.42. The number of carbonyl (C=O) groups is 2. The lowest BCUT2D eigenvalue weighted by molar-refractivity contribution is -0.116. The molecule has 98 valence electrons. The summed E-state index contributed by atoms with van der Waals surface area (Å²) in [6.45, 7) is 5.55. The van der Waals surface area contributed by atoms with Crippen molar-refractivity contribution in [1.82, 2.24) is 0 Å². The van der Waals surface area contributed by atoms with E-state index in [1.165, 1.54) is 0 Å². The average Bonchev–Trinajstić information content (AvgIpc) is 2.29. The number of amides is 1. The lowest BCUT2D eigenvalue weighted by Crippen LogP contribution is -2.12. The van der Waals surface area contributed by atoms with Crippen LogP contribution < -0.4 is 5.32 Å². The van der Waals surface area contributed by atoms with Crippen LogP contribution in [0, 0.1) is 0 Å². The lowest BCUT2D eigenvalue weighted by Gasteiger charge is -2.08. The Bertz CT molecular complexity index is 410. The molecule has 1 rings (SSSR count). The standard InChI is InChI=1S/C14H19NO3/c1-4-5-13(16)15-12-8-6-11(7-9-12)14(17)18-10(2)3/h6-10H,4-5H2,1-3H3,(H,15,16). The van der Waals surface area contributed by atoms with Gasteiger partial charge in [0.25, 0.3) is 0 Å². The zero-order valence-electron chi connectivity index (χ0n) is 11.0. The first-order chi connectivity index (χ1) is 8.52. The van der Waals surface area contributed by atoms with Crippen LogP contribution in [0.2, 0.25) is 0 Å². The Hall–Kier alpha value is -1.84. The van der Waals surface area contributed by atoms with Crippen LogP contribution in [0.15, 0.2) is 24.3 Å².